The average molecular weight is 235 g/mol. The Labute approximate surface area is 88.7 Å². The van der Waals surface area contributed by atoms with Gasteiger partial charge in [0.25, 0.3) is 0 Å². The Kier molecular flexibility index (Phi) is 3.78. The predicted octanol–water partition coefficient (Wildman–Crippen LogP) is 0.813. The van der Waals surface area contributed by atoms with Crippen LogP contribution in [0.15, 0.2) is 5.51 Å². The van der Waals surface area contributed by atoms with Gasteiger partial charge in [-0.3, -0.25) is 15.4 Å². The number of halogens is 1. The van der Waals surface area contributed by atoms with Crippen molar-refractivity contribution in [3.05, 3.63) is 5.51 Å². The molecule has 0 saturated heterocycles. The van der Waals surface area contributed by atoms with Crippen LogP contribution in [0.2, 0.25) is 0 Å². The second-order valence-corrected chi connectivity index (χ2v) is 3.79. The maximum Gasteiger partial charge on any atom is 0.327 e. The summed E-state index contributed by atoms with van der Waals surface area (Å²) < 4.78 is 0. The molecule has 0 bridgehead atoms. The Morgan fingerprint density at radius 2 is 2.36 bits per heavy atom. The van der Waals surface area contributed by atoms with Gasteiger partial charge in [-0.15, -0.1) is 21.8 Å². The van der Waals surface area contributed by atoms with Gasteiger partial charge < -0.3 is 0 Å². The molecule has 0 aliphatic heterocycles. The number of nitrogens with one attached hydrogen (secondary N) is 2. The maximum atomic E-state index is 11.1. The van der Waals surface area contributed by atoms with Crippen LogP contribution in [-0.4, -0.2) is 27.5 Å². The number of urea groups is 1. The number of carbonyl (C=O) groups is 2. The molecule has 8 heteroatoms. The number of hydrogen-bond donors (Lipinski definition) is 2. The number of rotatable bonds is 2. The van der Waals surface area contributed by atoms with E-state index in [9.17, 15) is 9.59 Å². The lowest BCUT2D eigenvalue weighted by Gasteiger charge is -2.04. The molecule has 0 saturated carbocycles. The lowest BCUT2D eigenvalue weighted by Crippen LogP contribution is -2.38. The summed E-state index contributed by atoms with van der Waals surface area (Å²) >= 11 is 6.59. The number of imide groups is 1. The molecular weight excluding hydrogens is 228 g/mol. The molecule has 0 aliphatic rings. The van der Waals surface area contributed by atoms with Crippen molar-refractivity contribution in [2.24, 2.45) is 0 Å². The van der Waals surface area contributed by atoms with Gasteiger partial charge in [-0.2, -0.15) is 0 Å². The SMILES string of the molecule is CC(Cl)C(=O)NC(=O)Nc1nncs1. The highest BCUT2D eigenvalue weighted by Gasteiger charge is 2.13. The van der Waals surface area contributed by atoms with E-state index >= 15 is 0 Å². The molecule has 0 radical (unpaired) electrons. The number of anilines is 1. The van der Waals surface area contributed by atoms with E-state index in [1.54, 1.807) is 0 Å². The van der Waals surface area contributed by atoms with Crippen molar-refractivity contribution >= 4 is 40.0 Å². The quantitative estimate of drug-likeness (QED) is 0.742. The van der Waals surface area contributed by atoms with Gasteiger partial charge in [0.1, 0.15) is 10.9 Å². The van der Waals surface area contributed by atoms with Gasteiger partial charge in [0.2, 0.25) is 11.0 Å². The molecule has 0 aromatic carbocycles. The number of hydrogen-bond acceptors (Lipinski definition) is 5. The molecule has 6 nitrogen and oxygen atoms in total. The topological polar surface area (TPSA) is 84.0 Å². The fraction of sp³-hybridized carbons (Fsp3) is 0.333. The summed E-state index contributed by atoms with van der Waals surface area (Å²) in [6, 6.07) is -0.667. The Morgan fingerprint density at radius 1 is 1.64 bits per heavy atom. The van der Waals surface area contributed by atoms with Crippen molar-refractivity contribution in [2.75, 3.05) is 5.32 Å². The van der Waals surface area contributed by atoms with Crippen LogP contribution in [0.5, 0.6) is 0 Å². The molecule has 3 amide bonds. The molecular formula is C6H7ClN4O2S. The van der Waals surface area contributed by atoms with Crippen LogP contribution >= 0.6 is 22.9 Å². The first kappa shape index (κ1) is 10.9. The molecule has 1 atom stereocenters. The standard InChI is InChI=1S/C6H7ClN4O2S/c1-3(7)4(12)9-5(13)10-6-11-8-2-14-6/h2-3H,1H3,(H2,9,10,11,12,13). The molecule has 0 fully saturated rings. The van der Waals surface area contributed by atoms with Crippen molar-refractivity contribution in [1.29, 1.82) is 0 Å². The number of carbonyl (C=O) groups excluding carboxylic acids is 2. The van der Waals surface area contributed by atoms with E-state index in [2.05, 4.69) is 15.5 Å². The van der Waals surface area contributed by atoms with Crippen LogP contribution in [-0.2, 0) is 4.79 Å². The second-order valence-electron chi connectivity index (χ2n) is 2.30. The average Bonchev–Trinajstić information content (AvgIpc) is 2.56. The zero-order chi connectivity index (χ0) is 10.6. The van der Waals surface area contributed by atoms with Crippen LogP contribution < -0.4 is 10.6 Å². The molecule has 1 unspecified atom stereocenters. The van der Waals surface area contributed by atoms with Crippen LogP contribution in [0.25, 0.3) is 0 Å². The first-order valence-corrected chi connectivity index (χ1v) is 4.93. The summed E-state index contributed by atoms with van der Waals surface area (Å²) in [5, 5.41) is 11.0. The Bertz CT molecular complexity index is 327. The third-order valence-electron chi connectivity index (χ3n) is 1.18. The van der Waals surface area contributed by atoms with Gasteiger partial charge >= 0.3 is 6.03 Å². The minimum atomic E-state index is -0.754. The summed E-state index contributed by atoms with van der Waals surface area (Å²) in [5.74, 6) is -0.561. The molecule has 0 aliphatic carbocycles. The van der Waals surface area contributed by atoms with Crippen molar-refractivity contribution in [3.63, 3.8) is 0 Å². The fourth-order valence-electron chi connectivity index (χ4n) is 0.567. The highest BCUT2D eigenvalue weighted by atomic mass is 35.5. The van der Waals surface area contributed by atoms with E-state index in [0.717, 1.165) is 11.3 Å². The monoisotopic (exact) mass is 234 g/mol. The lowest BCUT2D eigenvalue weighted by atomic mass is 10.4. The van der Waals surface area contributed by atoms with E-state index in [4.69, 9.17) is 11.6 Å². The van der Waals surface area contributed by atoms with Gasteiger partial charge in [-0.1, -0.05) is 11.3 Å². The van der Waals surface area contributed by atoms with Crippen molar-refractivity contribution in [1.82, 2.24) is 15.5 Å². The number of alkyl halides is 1. The van der Waals surface area contributed by atoms with E-state index in [-0.39, 0.29) is 0 Å². The normalized spacial score (nSPS) is 11.9. The van der Waals surface area contributed by atoms with Gasteiger partial charge in [0.15, 0.2) is 0 Å². The summed E-state index contributed by atoms with van der Waals surface area (Å²) in [6.45, 7) is 1.47. The Morgan fingerprint density at radius 3 is 2.86 bits per heavy atom. The summed E-state index contributed by atoms with van der Waals surface area (Å²) in [4.78, 5) is 22.0. The van der Waals surface area contributed by atoms with Crippen molar-refractivity contribution in [3.8, 4) is 0 Å². The smallest absolute Gasteiger partial charge is 0.282 e. The maximum absolute atomic E-state index is 11.1. The van der Waals surface area contributed by atoms with Crippen LogP contribution in [0, 0.1) is 0 Å². The first-order valence-electron chi connectivity index (χ1n) is 3.61. The molecule has 1 aromatic rings. The number of amides is 3. The third-order valence-corrected chi connectivity index (χ3v) is 1.98. The van der Waals surface area contributed by atoms with Crippen LogP contribution in [0.4, 0.5) is 9.93 Å². The molecule has 0 spiro atoms. The summed E-state index contributed by atoms with van der Waals surface area (Å²) in [5.41, 5.74) is 1.46. The van der Waals surface area contributed by atoms with E-state index < -0.39 is 17.3 Å². The molecule has 14 heavy (non-hydrogen) atoms. The van der Waals surface area contributed by atoms with Crippen molar-refractivity contribution < 1.29 is 9.59 Å². The van der Waals surface area contributed by atoms with Gasteiger partial charge in [-0.05, 0) is 6.92 Å². The van der Waals surface area contributed by atoms with E-state index in [0.29, 0.717) is 5.13 Å². The van der Waals surface area contributed by atoms with Crippen molar-refractivity contribution in [2.45, 2.75) is 12.3 Å². The van der Waals surface area contributed by atoms with E-state index in [1.807, 2.05) is 5.32 Å². The van der Waals surface area contributed by atoms with E-state index in [1.165, 1.54) is 12.4 Å². The lowest BCUT2D eigenvalue weighted by molar-refractivity contribution is -0.119. The Balaban J connectivity index is 2.41. The molecule has 76 valence electrons. The van der Waals surface area contributed by atoms with Gasteiger partial charge in [0, 0.05) is 0 Å². The number of nitrogens with zero attached hydrogens (tertiary/aromatic N) is 2. The van der Waals surface area contributed by atoms with Crippen LogP contribution in [0.3, 0.4) is 0 Å². The van der Waals surface area contributed by atoms with Crippen LogP contribution in [0.1, 0.15) is 6.92 Å². The Hall–Kier alpha value is -1.21. The fourth-order valence-corrected chi connectivity index (χ4v) is 1.06. The molecule has 1 heterocycles. The number of aromatic nitrogens is 2. The first-order chi connectivity index (χ1) is 6.59. The zero-order valence-corrected chi connectivity index (χ0v) is 8.72. The largest absolute Gasteiger partial charge is 0.327 e. The highest BCUT2D eigenvalue weighted by Crippen LogP contribution is 2.07. The molecule has 1 rings (SSSR count). The van der Waals surface area contributed by atoms with Gasteiger partial charge in [-0.25, -0.2) is 4.79 Å². The molecule has 2 N–H and O–H groups in total. The third kappa shape index (κ3) is 3.27. The molecule has 1 aromatic heterocycles. The zero-order valence-electron chi connectivity index (χ0n) is 7.15. The summed E-state index contributed by atoms with van der Waals surface area (Å²) in [7, 11) is 0. The summed E-state index contributed by atoms with van der Waals surface area (Å²) in [6.07, 6.45) is 0. The second kappa shape index (κ2) is 4.87. The minimum absolute atomic E-state index is 0.317. The predicted molar refractivity (Wildman–Crippen MR) is 52.4 cm³/mol. The highest BCUT2D eigenvalue weighted by molar-refractivity contribution is 7.13. The van der Waals surface area contributed by atoms with Gasteiger partial charge in [0.05, 0.1) is 0 Å². The minimum Gasteiger partial charge on any atom is -0.282 e.